The molecule has 5 nitrogen and oxygen atoms in total. The van der Waals surface area contributed by atoms with E-state index < -0.39 is 9.84 Å². The van der Waals surface area contributed by atoms with E-state index in [0.717, 1.165) is 15.8 Å². The van der Waals surface area contributed by atoms with E-state index in [1.165, 1.54) is 11.3 Å². The predicted molar refractivity (Wildman–Crippen MR) is 109 cm³/mol. The maximum absolute atomic E-state index is 13.0. The van der Waals surface area contributed by atoms with E-state index in [-0.39, 0.29) is 23.5 Å². The van der Waals surface area contributed by atoms with Gasteiger partial charge in [0.2, 0.25) is 0 Å². The molecule has 2 aromatic heterocycles. The summed E-state index contributed by atoms with van der Waals surface area (Å²) in [5, 5.41) is 3.76. The third kappa shape index (κ3) is 4.00. The average molecular weight is 421 g/mol. The van der Waals surface area contributed by atoms with Gasteiger partial charge in [-0.1, -0.05) is 29.8 Å². The molecule has 0 saturated carbocycles. The maximum Gasteiger partial charge on any atom is 0.252 e. The molecule has 3 heterocycles. The Morgan fingerprint density at radius 1 is 1.15 bits per heavy atom. The second-order valence-corrected chi connectivity index (χ2v) is 10.6. The maximum atomic E-state index is 13.0. The van der Waals surface area contributed by atoms with Gasteiger partial charge < -0.3 is 5.32 Å². The fraction of sp³-hybridized carbons (Fsp3) is 0.263. The summed E-state index contributed by atoms with van der Waals surface area (Å²) in [6.45, 7) is 0. The van der Waals surface area contributed by atoms with Gasteiger partial charge in [-0.3, -0.25) is 4.79 Å². The Labute approximate surface area is 166 Å². The lowest BCUT2D eigenvalue weighted by molar-refractivity contribution is 0.0936. The highest BCUT2D eigenvalue weighted by atomic mass is 35.5. The summed E-state index contributed by atoms with van der Waals surface area (Å²) in [7, 11) is -2.96. The number of carbonyl (C=O) groups excluding carboxylic acids is 1. The second-order valence-electron chi connectivity index (χ2n) is 6.58. The minimum atomic E-state index is -2.96. The lowest BCUT2D eigenvalue weighted by Crippen LogP contribution is -2.40. The summed E-state index contributed by atoms with van der Waals surface area (Å²) < 4.78 is 23.9. The second kappa shape index (κ2) is 7.22. The number of nitrogens with one attached hydrogen (secondary N) is 1. The van der Waals surface area contributed by atoms with Gasteiger partial charge in [0, 0.05) is 11.4 Å². The molecule has 0 spiro atoms. The van der Waals surface area contributed by atoms with Gasteiger partial charge in [-0.15, -0.1) is 11.3 Å². The molecule has 0 aliphatic carbocycles. The molecule has 27 heavy (non-hydrogen) atoms. The third-order valence-corrected chi connectivity index (χ3v) is 7.65. The van der Waals surface area contributed by atoms with Crippen LogP contribution in [0.2, 0.25) is 4.34 Å². The van der Waals surface area contributed by atoms with Gasteiger partial charge in [0.1, 0.15) is 9.84 Å². The minimum absolute atomic E-state index is 0.119. The molecule has 1 aromatic carbocycles. The summed E-state index contributed by atoms with van der Waals surface area (Å²) >= 11 is 7.45. The van der Waals surface area contributed by atoms with Crippen LogP contribution in [0.25, 0.3) is 21.5 Å². The van der Waals surface area contributed by atoms with E-state index in [4.69, 9.17) is 11.6 Å². The van der Waals surface area contributed by atoms with Crippen molar-refractivity contribution in [3.05, 3.63) is 52.4 Å². The van der Waals surface area contributed by atoms with Crippen LogP contribution in [0.1, 0.15) is 23.2 Å². The van der Waals surface area contributed by atoms with Crippen LogP contribution in [-0.4, -0.2) is 36.9 Å². The smallest absolute Gasteiger partial charge is 0.252 e. The average Bonchev–Trinajstić information content (AvgIpc) is 3.09. The number of aromatic nitrogens is 1. The number of hydrogen-bond donors (Lipinski definition) is 1. The Bertz CT molecular complexity index is 1110. The quantitative estimate of drug-likeness (QED) is 0.696. The summed E-state index contributed by atoms with van der Waals surface area (Å²) in [6.07, 6.45) is 0.898. The highest BCUT2D eigenvalue weighted by molar-refractivity contribution is 7.91. The van der Waals surface area contributed by atoms with Gasteiger partial charge in [-0.05, 0) is 37.1 Å². The highest BCUT2D eigenvalue weighted by Crippen LogP contribution is 2.32. The van der Waals surface area contributed by atoms with Crippen LogP contribution in [-0.2, 0) is 9.84 Å². The molecule has 140 valence electrons. The van der Waals surface area contributed by atoms with Crippen molar-refractivity contribution in [3.63, 3.8) is 0 Å². The van der Waals surface area contributed by atoms with E-state index in [1.54, 1.807) is 12.1 Å². The molecule has 1 amide bonds. The van der Waals surface area contributed by atoms with E-state index in [2.05, 4.69) is 10.3 Å². The van der Waals surface area contributed by atoms with E-state index >= 15 is 0 Å². The molecule has 3 aromatic rings. The molecule has 1 aliphatic heterocycles. The summed E-state index contributed by atoms with van der Waals surface area (Å²) in [6, 6.07) is 12.8. The number of para-hydroxylation sites is 1. The van der Waals surface area contributed by atoms with Crippen LogP contribution < -0.4 is 5.32 Å². The number of fused-ring (bicyclic) bond motifs is 1. The van der Waals surface area contributed by atoms with Crippen LogP contribution in [0.3, 0.4) is 0 Å². The van der Waals surface area contributed by atoms with E-state index in [0.29, 0.717) is 28.4 Å². The third-order valence-electron chi connectivity index (χ3n) is 4.68. The first-order valence-corrected chi connectivity index (χ1v) is 11.6. The van der Waals surface area contributed by atoms with Crippen molar-refractivity contribution in [2.24, 2.45) is 0 Å². The normalized spacial score (nSPS) is 17.1. The van der Waals surface area contributed by atoms with Gasteiger partial charge in [-0.2, -0.15) is 0 Å². The first kappa shape index (κ1) is 18.4. The number of sulfone groups is 1. The number of thiophene rings is 1. The van der Waals surface area contributed by atoms with Crippen molar-refractivity contribution >= 4 is 49.6 Å². The fourth-order valence-electron chi connectivity index (χ4n) is 3.24. The number of amides is 1. The molecule has 1 N–H and O–H groups in total. The summed E-state index contributed by atoms with van der Waals surface area (Å²) in [5.41, 5.74) is 1.96. The lowest BCUT2D eigenvalue weighted by atomic mass is 10.0. The number of rotatable bonds is 3. The largest absolute Gasteiger partial charge is 0.349 e. The molecule has 1 aliphatic rings. The number of hydrogen-bond acceptors (Lipinski definition) is 5. The zero-order valence-electron chi connectivity index (χ0n) is 14.3. The molecule has 8 heteroatoms. The van der Waals surface area contributed by atoms with Gasteiger partial charge in [0.15, 0.2) is 0 Å². The standard InChI is InChI=1S/C19H17ClN2O3S2/c20-18-6-5-17(26-18)16-11-14(13-3-1-2-4-15(13)22-16)19(23)21-12-7-9-27(24,25)10-8-12/h1-6,11-12H,7-10H2,(H,21,23). The Morgan fingerprint density at radius 2 is 1.89 bits per heavy atom. The Hall–Kier alpha value is -1.96. The van der Waals surface area contributed by atoms with Crippen LogP contribution in [0, 0.1) is 0 Å². The molecule has 1 saturated heterocycles. The number of benzene rings is 1. The summed E-state index contributed by atoms with van der Waals surface area (Å²) in [4.78, 5) is 18.5. The molecule has 0 bridgehead atoms. The van der Waals surface area contributed by atoms with Crippen molar-refractivity contribution in [2.75, 3.05) is 11.5 Å². The van der Waals surface area contributed by atoms with Crippen LogP contribution in [0.15, 0.2) is 42.5 Å². The van der Waals surface area contributed by atoms with Crippen molar-refractivity contribution < 1.29 is 13.2 Å². The van der Waals surface area contributed by atoms with Gasteiger partial charge in [0.25, 0.3) is 5.91 Å². The first-order chi connectivity index (χ1) is 12.9. The Morgan fingerprint density at radius 3 is 2.59 bits per heavy atom. The SMILES string of the molecule is O=C(NC1CCS(=O)(=O)CC1)c1cc(-c2ccc(Cl)s2)nc2ccccc12. The minimum Gasteiger partial charge on any atom is -0.349 e. The van der Waals surface area contributed by atoms with Crippen molar-refractivity contribution in [1.82, 2.24) is 10.3 Å². The van der Waals surface area contributed by atoms with Crippen LogP contribution in [0.4, 0.5) is 0 Å². The van der Waals surface area contributed by atoms with Gasteiger partial charge in [0.05, 0.1) is 37.5 Å². The monoisotopic (exact) mass is 420 g/mol. The van der Waals surface area contributed by atoms with Crippen molar-refractivity contribution in [2.45, 2.75) is 18.9 Å². The molecule has 1 fully saturated rings. The first-order valence-electron chi connectivity index (χ1n) is 8.58. The van der Waals surface area contributed by atoms with E-state index in [9.17, 15) is 13.2 Å². The molecular weight excluding hydrogens is 404 g/mol. The summed E-state index contributed by atoms with van der Waals surface area (Å²) in [5.74, 6) is 0.0314. The molecule has 0 radical (unpaired) electrons. The van der Waals surface area contributed by atoms with Crippen LogP contribution in [0.5, 0.6) is 0 Å². The highest BCUT2D eigenvalue weighted by Gasteiger charge is 2.25. The van der Waals surface area contributed by atoms with Crippen molar-refractivity contribution in [1.29, 1.82) is 0 Å². The van der Waals surface area contributed by atoms with Gasteiger partial charge >= 0.3 is 0 Å². The topological polar surface area (TPSA) is 76.1 Å². The zero-order chi connectivity index (χ0) is 19.0. The number of carbonyl (C=O) groups is 1. The molecular formula is C19H17ClN2O3S2. The van der Waals surface area contributed by atoms with Crippen LogP contribution >= 0.6 is 22.9 Å². The molecule has 4 rings (SSSR count). The number of pyridine rings is 1. The molecule has 0 atom stereocenters. The fourth-order valence-corrected chi connectivity index (χ4v) is 5.73. The lowest BCUT2D eigenvalue weighted by Gasteiger charge is -2.23. The van der Waals surface area contributed by atoms with E-state index in [1.807, 2.05) is 30.3 Å². The predicted octanol–water partition coefficient (Wildman–Crippen LogP) is 3.92. The zero-order valence-corrected chi connectivity index (χ0v) is 16.7. The molecule has 0 unspecified atom stereocenters. The number of halogens is 1. The Balaban J connectivity index is 1.68. The van der Waals surface area contributed by atoms with Gasteiger partial charge in [-0.25, -0.2) is 13.4 Å². The number of nitrogens with zero attached hydrogens (tertiary/aromatic N) is 1. The van der Waals surface area contributed by atoms with Crippen molar-refractivity contribution in [3.8, 4) is 10.6 Å². The Kier molecular flexibility index (Phi) is 4.92.